The lowest BCUT2D eigenvalue weighted by Crippen LogP contribution is -2.31. The molecule has 2 aromatic rings. The molecule has 0 saturated heterocycles. The molecule has 0 spiro atoms. The Morgan fingerprint density at radius 1 is 1.27 bits per heavy atom. The largest absolute Gasteiger partial charge is 0.492 e. The number of carbonyl (C=O) groups is 2. The maximum absolute atomic E-state index is 12.6. The van der Waals surface area contributed by atoms with E-state index in [1.807, 2.05) is 43.3 Å². The van der Waals surface area contributed by atoms with Crippen molar-refractivity contribution in [1.29, 1.82) is 0 Å². The van der Waals surface area contributed by atoms with Crippen LogP contribution in [0.2, 0.25) is 0 Å². The quantitative estimate of drug-likeness (QED) is 0.874. The van der Waals surface area contributed by atoms with E-state index in [1.165, 1.54) is 0 Å². The maximum Gasteiger partial charge on any atom is 0.253 e. The molecule has 1 aliphatic rings. The summed E-state index contributed by atoms with van der Waals surface area (Å²) in [6.07, 6.45) is 0.485. The van der Waals surface area contributed by atoms with Crippen LogP contribution in [0.15, 0.2) is 47.4 Å². The van der Waals surface area contributed by atoms with Gasteiger partial charge in [0.25, 0.3) is 5.91 Å². The van der Waals surface area contributed by atoms with Crippen molar-refractivity contribution in [3.63, 3.8) is 0 Å². The normalized spacial score (nSPS) is 13.4. The van der Waals surface area contributed by atoms with Crippen molar-refractivity contribution in [3.05, 3.63) is 53.6 Å². The summed E-state index contributed by atoms with van der Waals surface area (Å²) >= 11 is 1.63. The summed E-state index contributed by atoms with van der Waals surface area (Å²) in [5, 5.41) is 2.87. The monoisotopic (exact) mass is 370 g/mol. The Bertz CT molecular complexity index is 822. The molecule has 1 heterocycles. The first-order valence-corrected chi connectivity index (χ1v) is 9.53. The molecule has 0 atom stereocenters. The summed E-state index contributed by atoms with van der Waals surface area (Å²) in [4.78, 5) is 27.0. The molecule has 2 aromatic carbocycles. The fourth-order valence-electron chi connectivity index (χ4n) is 2.68. The van der Waals surface area contributed by atoms with Crippen LogP contribution in [0.3, 0.4) is 0 Å². The van der Waals surface area contributed by atoms with Gasteiger partial charge in [-0.05, 0) is 42.8 Å². The van der Waals surface area contributed by atoms with Crippen LogP contribution in [-0.4, -0.2) is 42.7 Å². The minimum atomic E-state index is -0.0934. The Balaban J connectivity index is 1.60. The van der Waals surface area contributed by atoms with Gasteiger partial charge in [-0.1, -0.05) is 12.1 Å². The maximum atomic E-state index is 12.6. The van der Waals surface area contributed by atoms with E-state index in [9.17, 15) is 9.59 Å². The van der Waals surface area contributed by atoms with Gasteiger partial charge < -0.3 is 15.0 Å². The van der Waals surface area contributed by atoms with Crippen molar-refractivity contribution in [3.8, 4) is 5.75 Å². The molecule has 5 nitrogen and oxygen atoms in total. The van der Waals surface area contributed by atoms with Crippen LogP contribution in [-0.2, 0) is 4.79 Å². The van der Waals surface area contributed by atoms with E-state index in [1.54, 1.807) is 29.8 Å². The molecule has 0 fully saturated rings. The van der Waals surface area contributed by atoms with Crippen molar-refractivity contribution in [2.45, 2.75) is 18.2 Å². The molecule has 1 N–H and O–H groups in total. The third kappa shape index (κ3) is 4.58. The molecule has 0 saturated carbocycles. The van der Waals surface area contributed by atoms with Crippen LogP contribution in [0.5, 0.6) is 5.75 Å². The molecule has 6 heteroatoms. The molecule has 0 bridgehead atoms. The van der Waals surface area contributed by atoms with E-state index >= 15 is 0 Å². The van der Waals surface area contributed by atoms with Crippen LogP contribution in [0, 0.1) is 6.92 Å². The zero-order chi connectivity index (χ0) is 18.5. The second-order valence-electron chi connectivity index (χ2n) is 6.25. The summed E-state index contributed by atoms with van der Waals surface area (Å²) in [7, 11) is 1.75. The number of ether oxygens (including phenoxy) is 1. The third-order valence-corrected chi connectivity index (χ3v) is 5.19. The third-order valence-electron chi connectivity index (χ3n) is 4.12. The SMILES string of the molecule is Cc1cccc(OCCN(C)C(=O)c2ccc3c(c2)NC(=O)CCS3)c1. The molecule has 0 aliphatic carbocycles. The van der Waals surface area contributed by atoms with Crippen molar-refractivity contribution < 1.29 is 14.3 Å². The number of nitrogens with zero attached hydrogens (tertiary/aromatic N) is 1. The van der Waals surface area contributed by atoms with E-state index in [4.69, 9.17) is 4.74 Å². The number of amides is 2. The Labute approximate surface area is 157 Å². The van der Waals surface area contributed by atoms with Crippen LogP contribution in [0.1, 0.15) is 22.3 Å². The summed E-state index contributed by atoms with van der Waals surface area (Å²) in [6.45, 7) is 2.91. The molecule has 136 valence electrons. The number of carbonyl (C=O) groups excluding carboxylic acids is 2. The van der Waals surface area contributed by atoms with Gasteiger partial charge in [-0.15, -0.1) is 11.8 Å². The first kappa shape index (κ1) is 18.3. The van der Waals surface area contributed by atoms with Gasteiger partial charge in [0.05, 0.1) is 12.2 Å². The van der Waals surface area contributed by atoms with Gasteiger partial charge in [0.2, 0.25) is 5.91 Å². The van der Waals surface area contributed by atoms with Crippen LogP contribution < -0.4 is 10.1 Å². The molecule has 2 amide bonds. The standard InChI is InChI=1S/C20H22N2O3S/c1-14-4-3-5-16(12-14)25-10-9-22(2)20(24)15-6-7-18-17(13-15)21-19(23)8-11-26-18/h3-7,12-13H,8-11H2,1-2H3,(H,21,23). The number of benzene rings is 2. The number of hydrogen-bond donors (Lipinski definition) is 1. The lowest BCUT2D eigenvalue weighted by Gasteiger charge is -2.18. The number of aryl methyl sites for hydroxylation is 1. The number of nitrogens with one attached hydrogen (secondary N) is 1. The average molecular weight is 370 g/mol. The fraction of sp³-hybridized carbons (Fsp3) is 0.300. The first-order valence-electron chi connectivity index (χ1n) is 8.54. The summed E-state index contributed by atoms with van der Waals surface area (Å²) < 4.78 is 5.71. The van der Waals surface area contributed by atoms with Gasteiger partial charge in [-0.3, -0.25) is 9.59 Å². The highest BCUT2D eigenvalue weighted by Gasteiger charge is 2.17. The minimum Gasteiger partial charge on any atom is -0.492 e. The van der Waals surface area contributed by atoms with Gasteiger partial charge in [0.15, 0.2) is 0 Å². The highest BCUT2D eigenvalue weighted by atomic mass is 32.2. The average Bonchev–Trinajstić information content (AvgIpc) is 2.80. The molecule has 0 aromatic heterocycles. The van der Waals surface area contributed by atoms with Gasteiger partial charge >= 0.3 is 0 Å². The molecule has 0 radical (unpaired) electrons. The van der Waals surface area contributed by atoms with Gasteiger partial charge in [0.1, 0.15) is 12.4 Å². The lowest BCUT2D eigenvalue weighted by atomic mass is 10.1. The van der Waals surface area contributed by atoms with Gasteiger partial charge in [0, 0.05) is 29.7 Å². The van der Waals surface area contributed by atoms with Crippen molar-refractivity contribution in [1.82, 2.24) is 4.90 Å². The van der Waals surface area contributed by atoms with Crippen LogP contribution >= 0.6 is 11.8 Å². The molecule has 0 unspecified atom stereocenters. The minimum absolute atomic E-state index is 0.0132. The number of hydrogen-bond acceptors (Lipinski definition) is 4. The second kappa shape index (κ2) is 8.27. The fourth-order valence-corrected chi connectivity index (χ4v) is 3.62. The van der Waals surface area contributed by atoms with E-state index < -0.39 is 0 Å². The Morgan fingerprint density at radius 2 is 2.12 bits per heavy atom. The molecule has 1 aliphatic heterocycles. The molecular formula is C20H22N2O3S. The zero-order valence-corrected chi connectivity index (χ0v) is 15.8. The summed E-state index contributed by atoms with van der Waals surface area (Å²) in [5.74, 6) is 1.45. The molecule has 26 heavy (non-hydrogen) atoms. The summed E-state index contributed by atoms with van der Waals surface area (Å²) in [6, 6.07) is 13.3. The molecule has 3 rings (SSSR count). The predicted octanol–water partition coefficient (Wildman–Crippen LogP) is 3.58. The Kier molecular flexibility index (Phi) is 5.83. The van der Waals surface area contributed by atoms with Gasteiger partial charge in [-0.2, -0.15) is 0 Å². The van der Waals surface area contributed by atoms with Crippen LogP contribution in [0.25, 0.3) is 0 Å². The number of anilines is 1. The van der Waals surface area contributed by atoms with E-state index in [0.717, 1.165) is 22.0 Å². The Hall–Kier alpha value is -2.47. The first-order chi connectivity index (χ1) is 12.5. The number of likely N-dealkylation sites (N-methyl/N-ethyl adjacent to an activating group) is 1. The molecular weight excluding hydrogens is 348 g/mol. The highest BCUT2D eigenvalue weighted by molar-refractivity contribution is 7.99. The van der Waals surface area contributed by atoms with E-state index in [0.29, 0.717) is 30.8 Å². The number of fused-ring (bicyclic) bond motifs is 1. The van der Waals surface area contributed by atoms with Crippen LogP contribution in [0.4, 0.5) is 5.69 Å². The smallest absolute Gasteiger partial charge is 0.253 e. The number of rotatable bonds is 5. The topological polar surface area (TPSA) is 58.6 Å². The highest BCUT2D eigenvalue weighted by Crippen LogP contribution is 2.31. The van der Waals surface area contributed by atoms with Crippen molar-refractivity contribution in [2.24, 2.45) is 0 Å². The van der Waals surface area contributed by atoms with E-state index in [2.05, 4.69) is 5.32 Å². The predicted molar refractivity (Wildman–Crippen MR) is 104 cm³/mol. The number of thioether (sulfide) groups is 1. The zero-order valence-electron chi connectivity index (χ0n) is 15.0. The Morgan fingerprint density at radius 3 is 2.92 bits per heavy atom. The van der Waals surface area contributed by atoms with Crippen molar-refractivity contribution >= 4 is 29.3 Å². The van der Waals surface area contributed by atoms with Gasteiger partial charge in [-0.25, -0.2) is 0 Å². The summed E-state index contributed by atoms with van der Waals surface area (Å²) in [5.41, 5.74) is 2.41. The lowest BCUT2D eigenvalue weighted by molar-refractivity contribution is -0.115. The second-order valence-corrected chi connectivity index (χ2v) is 7.39. The van der Waals surface area contributed by atoms with Crippen molar-refractivity contribution in [2.75, 3.05) is 31.3 Å². The van der Waals surface area contributed by atoms with E-state index in [-0.39, 0.29) is 11.8 Å².